The van der Waals surface area contributed by atoms with Crippen molar-refractivity contribution in [1.82, 2.24) is 0 Å². The molecule has 1 aliphatic carbocycles. The Kier molecular flexibility index (Phi) is 13.5. The number of anilines is 9. The van der Waals surface area contributed by atoms with Crippen LogP contribution in [-0.2, 0) is 21.7 Å². The van der Waals surface area contributed by atoms with Crippen molar-refractivity contribution >= 4 is 96.2 Å². The molecule has 0 saturated carbocycles. The number of furan rings is 1. The predicted molar refractivity (Wildman–Crippen MR) is 402 cm³/mol. The standard InChI is InChI=1S/C89H80BN3O/c1-55-47-62(87(6,7)8)48-56(2)84(55)91(64-42-38-61(39-43-64)86(3,4)5)66-44-45-75-79(52-66)92(65-40-35-59(36-41-65)67-31-24-32-70-69-30-21-23-34-82(69)94-85(67)70)80-50-63(88(9,10)11)51-81-83(80)90(75)76-49-60(57-25-16-14-17-26-57)37-46-77(76)93(81)78-54-74-72(53-71(78)58-27-18-15-19-28-58)68-29-20-22-33-73(68)89(74,12)13/h14-54H,1-13H3. The minimum atomic E-state index is -0.249. The van der Waals surface area contributed by atoms with Gasteiger partial charge in [0.15, 0.2) is 0 Å². The maximum Gasteiger partial charge on any atom is 0.252 e. The highest BCUT2D eigenvalue weighted by atomic mass is 16.3. The average Bonchev–Trinajstić information content (AvgIpc) is 0.752. The van der Waals surface area contributed by atoms with Crippen molar-refractivity contribution in [3.05, 3.63) is 288 Å². The molecule has 12 aromatic carbocycles. The van der Waals surface area contributed by atoms with E-state index in [1.165, 1.54) is 117 Å². The Morgan fingerprint density at radius 1 is 0.372 bits per heavy atom. The van der Waals surface area contributed by atoms with E-state index in [9.17, 15) is 0 Å². The lowest BCUT2D eigenvalue weighted by molar-refractivity contribution is 0.589. The number of nitrogens with zero attached hydrogens (tertiary/aromatic N) is 3. The molecule has 5 heteroatoms. The van der Waals surface area contributed by atoms with Gasteiger partial charge in [0.1, 0.15) is 11.2 Å². The number of fused-ring (bicyclic) bond motifs is 10. The number of rotatable bonds is 8. The second kappa shape index (κ2) is 21.5. The third kappa shape index (κ3) is 9.47. The zero-order valence-corrected chi connectivity index (χ0v) is 56.5. The van der Waals surface area contributed by atoms with Gasteiger partial charge < -0.3 is 19.1 Å². The maximum absolute atomic E-state index is 6.72. The smallest absolute Gasteiger partial charge is 0.252 e. The molecule has 0 atom stereocenters. The fraction of sp³-hybridized carbons (Fsp3) is 0.191. The Morgan fingerprint density at radius 2 is 0.947 bits per heavy atom. The Labute approximate surface area is 555 Å². The van der Waals surface area contributed by atoms with Crippen LogP contribution >= 0.6 is 0 Å². The van der Waals surface area contributed by atoms with Gasteiger partial charge in [0.2, 0.25) is 0 Å². The molecular formula is C89H80BN3O. The van der Waals surface area contributed by atoms with Crippen LogP contribution in [0.4, 0.5) is 51.2 Å². The largest absolute Gasteiger partial charge is 0.455 e. The minimum absolute atomic E-state index is 0.0134. The van der Waals surface area contributed by atoms with Gasteiger partial charge in [-0.1, -0.05) is 252 Å². The molecule has 13 aromatic rings. The quantitative estimate of drug-likeness (QED) is 0.141. The van der Waals surface area contributed by atoms with Crippen molar-refractivity contribution in [1.29, 1.82) is 0 Å². The van der Waals surface area contributed by atoms with Gasteiger partial charge in [-0.15, -0.1) is 0 Å². The molecule has 0 radical (unpaired) electrons. The van der Waals surface area contributed by atoms with Gasteiger partial charge in [-0.05, 0) is 192 Å². The highest BCUT2D eigenvalue weighted by Gasteiger charge is 2.46. The SMILES string of the molecule is Cc1cc(C(C)(C)C)cc(C)c1N(c1ccc(C(C)(C)C)cc1)c1ccc2c(c1)N(c1ccc(-c3cccc4c3oc3ccccc34)cc1)c1cc(C(C)(C)C)cc3c1B2c1cc(-c2ccccc2)ccc1N3c1cc2c(cc1-c1ccccc1)-c1ccccc1C2(C)C. The van der Waals surface area contributed by atoms with E-state index in [-0.39, 0.29) is 28.4 Å². The summed E-state index contributed by atoms with van der Waals surface area (Å²) in [5, 5.41) is 2.25. The second-order valence-electron chi connectivity index (χ2n) is 30.3. The Balaban J connectivity index is 0.997. The van der Waals surface area contributed by atoms with Gasteiger partial charge in [-0.25, -0.2) is 0 Å². The van der Waals surface area contributed by atoms with Crippen LogP contribution in [0.25, 0.3) is 66.4 Å². The van der Waals surface area contributed by atoms with Crippen LogP contribution in [0.5, 0.6) is 0 Å². The van der Waals surface area contributed by atoms with E-state index >= 15 is 0 Å². The van der Waals surface area contributed by atoms with Crippen LogP contribution in [0.1, 0.15) is 115 Å². The first-order valence-electron chi connectivity index (χ1n) is 33.6. The van der Waals surface area contributed by atoms with Crippen molar-refractivity contribution < 1.29 is 4.42 Å². The fourth-order valence-corrected chi connectivity index (χ4v) is 15.7. The van der Waals surface area contributed by atoms with E-state index < -0.39 is 0 Å². The molecule has 94 heavy (non-hydrogen) atoms. The highest BCUT2D eigenvalue weighted by Crippen LogP contribution is 2.56. The molecule has 16 rings (SSSR count). The van der Waals surface area contributed by atoms with Crippen LogP contribution in [0, 0.1) is 13.8 Å². The van der Waals surface area contributed by atoms with E-state index in [1.807, 2.05) is 0 Å². The van der Waals surface area contributed by atoms with Crippen LogP contribution in [-0.4, -0.2) is 6.71 Å². The van der Waals surface area contributed by atoms with Gasteiger partial charge in [0.05, 0.1) is 11.4 Å². The molecule has 2 aliphatic heterocycles. The Hall–Kier alpha value is -10.1. The van der Waals surface area contributed by atoms with Crippen molar-refractivity contribution in [2.75, 3.05) is 14.7 Å². The zero-order chi connectivity index (χ0) is 64.9. The van der Waals surface area contributed by atoms with Crippen molar-refractivity contribution in [2.24, 2.45) is 0 Å². The zero-order valence-electron chi connectivity index (χ0n) is 56.5. The molecule has 0 unspecified atom stereocenters. The number of aryl methyl sites for hydroxylation is 2. The molecule has 0 N–H and O–H groups in total. The lowest BCUT2D eigenvalue weighted by Crippen LogP contribution is -2.61. The van der Waals surface area contributed by atoms with Crippen LogP contribution < -0.4 is 31.1 Å². The maximum atomic E-state index is 6.72. The molecule has 3 heterocycles. The van der Waals surface area contributed by atoms with Gasteiger partial charge in [0, 0.05) is 67.1 Å². The lowest BCUT2D eigenvalue weighted by atomic mass is 9.33. The number of benzene rings is 12. The fourth-order valence-electron chi connectivity index (χ4n) is 15.7. The average molecular weight is 1220 g/mol. The van der Waals surface area contributed by atoms with Crippen LogP contribution in [0.3, 0.4) is 0 Å². The third-order valence-electron chi connectivity index (χ3n) is 20.7. The van der Waals surface area contributed by atoms with Crippen molar-refractivity contribution in [3.63, 3.8) is 0 Å². The molecule has 0 saturated heterocycles. The van der Waals surface area contributed by atoms with Gasteiger partial charge >= 0.3 is 0 Å². The summed E-state index contributed by atoms with van der Waals surface area (Å²) in [5.74, 6) is 0. The van der Waals surface area contributed by atoms with E-state index in [0.29, 0.717) is 0 Å². The Morgan fingerprint density at radius 3 is 1.64 bits per heavy atom. The van der Waals surface area contributed by atoms with Gasteiger partial charge in [-0.3, -0.25) is 0 Å². The normalized spacial score (nSPS) is 13.8. The molecule has 4 nitrogen and oxygen atoms in total. The summed E-state index contributed by atoms with van der Waals surface area (Å²) >= 11 is 0. The van der Waals surface area contributed by atoms with Gasteiger partial charge in [-0.2, -0.15) is 0 Å². The summed E-state index contributed by atoms with van der Waals surface area (Å²) in [6.07, 6.45) is 0. The first-order valence-corrected chi connectivity index (χ1v) is 33.6. The lowest BCUT2D eigenvalue weighted by Gasteiger charge is -2.46. The Bertz CT molecular complexity index is 5170. The van der Waals surface area contributed by atoms with Crippen molar-refractivity contribution in [2.45, 2.75) is 112 Å². The van der Waals surface area contributed by atoms with E-state index in [1.54, 1.807) is 0 Å². The summed E-state index contributed by atoms with van der Waals surface area (Å²) < 4.78 is 6.72. The van der Waals surface area contributed by atoms with Crippen LogP contribution in [0.15, 0.2) is 253 Å². The second-order valence-corrected chi connectivity index (χ2v) is 30.3. The molecule has 0 fully saturated rings. The number of hydrogen-bond acceptors (Lipinski definition) is 4. The molecule has 1 aromatic heterocycles. The topological polar surface area (TPSA) is 22.9 Å². The number of hydrogen-bond donors (Lipinski definition) is 0. The summed E-state index contributed by atoms with van der Waals surface area (Å²) in [6.45, 7) is 30.3. The molecule has 3 aliphatic rings. The van der Waals surface area contributed by atoms with E-state index in [0.717, 1.165) is 55.8 Å². The van der Waals surface area contributed by atoms with E-state index in [2.05, 4.69) is 353 Å². The predicted octanol–water partition coefficient (Wildman–Crippen LogP) is 23.0. The third-order valence-corrected chi connectivity index (χ3v) is 20.7. The summed E-state index contributed by atoms with van der Waals surface area (Å²) in [6, 6.07) is 94.5. The summed E-state index contributed by atoms with van der Waals surface area (Å²) in [4.78, 5) is 7.82. The molecule has 0 bridgehead atoms. The van der Waals surface area contributed by atoms with Crippen molar-refractivity contribution in [3.8, 4) is 44.5 Å². The molecular weight excluding hydrogens is 1140 g/mol. The molecule has 0 amide bonds. The molecule has 460 valence electrons. The summed E-state index contributed by atoms with van der Waals surface area (Å²) in [7, 11) is 0. The number of para-hydroxylation sites is 2. The van der Waals surface area contributed by atoms with Crippen LogP contribution in [0.2, 0.25) is 0 Å². The minimum Gasteiger partial charge on any atom is -0.455 e. The molecule has 0 spiro atoms. The van der Waals surface area contributed by atoms with E-state index in [4.69, 9.17) is 4.42 Å². The first kappa shape index (κ1) is 59.0. The van der Waals surface area contributed by atoms with Gasteiger partial charge in [0.25, 0.3) is 6.71 Å². The monoisotopic (exact) mass is 1220 g/mol. The summed E-state index contributed by atoms with van der Waals surface area (Å²) in [5.41, 5.74) is 34.0. The highest BCUT2D eigenvalue weighted by molar-refractivity contribution is 7.00. The first-order chi connectivity index (χ1) is 45.1.